The standard InChI is InChI=1S/C19H23N3O2/c1-24-18-12-21(11-17-6-7-20-22(17)13-18)19(23)10-14-8-15-4-2-3-5-16(15)9-14/h2-7,14,18H,8-13H2,1H3/t18-/m1/s1. The van der Waals surface area contributed by atoms with E-state index < -0.39 is 0 Å². The van der Waals surface area contributed by atoms with E-state index in [0.29, 0.717) is 32.0 Å². The largest absolute Gasteiger partial charge is 0.378 e. The average molecular weight is 325 g/mol. The molecule has 2 heterocycles. The van der Waals surface area contributed by atoms with Gasteiger partial charge in [-0.3, -0.25) is 9.48 Å². The lowest BCUT2D eigenvalue weighted by Crippen LogP contribution is -2.37. The molecule has 1 aromatic heterocycles. The molecule has 0 radical (unpaired) electrons. The molecular weight excluding hydrogens is 302 g/mol. The van der Waals surface area contributed by atoms with Crippen LogP contribution in [-0.4, -0.2) is 40.3 Å². The van der Waals surface area contributed by atoms with Gasteiger partial charge in [-0.2, -0.15) is 5.10 Å². The topological polar surface area (TPSA) is 47.4 Å². The number of aromatic nitrogens is 2. The second kappa shape index (κ2) is 6.40. The van der Waals surface area contributed by atoms with E-state index in [0.717, 1.165) is 18.5 Å². The number of nitrogens with zero attached hydrogens (tertiary/aromatic N) is 3. The predicted molar refractivity (Wildman–Crippen MR) is 90.4 cm³/mol. The van der Waals surface area contributed by atoms with Crippen molar-refractivity contribution in [3.63, 3.8) is 0 Å². The third kappa shape index (κ3) is 2.96. The summed E-state index contributed by atoms with van der Waals surface area (Å²) >= 11 is 0. The van der Waals surface area contributed by atoms with Gasteiger partial charge < -0.3 is 9.64 Å². The van der Waals surface area contributed by atoms with Crippen molar-refractivity contribution in [1.82, 2.24) is 14.7 Å². The molecule has 1 aromatic carbocycles. The van der Waals surface area contributed by atoms with E-state index in [1.807, 2.05) is 15.6 Å². The molecule has 2 aromatic rings. The van der Waals surface area contributed by atoms with Gasteiger partial charge in [0, 0.05) is 26.3 Å². The highest BCUT2D eigenvalue weighted by Gasteiger charge is 2.29. The van der Waals surface area contributed by atoms with Gasteiger partial charge in [-0.05, 0) is 36.0 Å². The van der Waals surface area contributed by atoms with Gasteiger partial charge in [0.25, 0.3) is 0 Å². The molecule has 0 spiro atoms. The van der Waals surface area contributed by atoms with Crippen LogP contribution in [0.25, 0.3) is 0 Å². The molecule has 5 heteroatoms. The molecule has 0 saturated heterocycles. The molecule has 0 fully saturated rings. The summed E-state index contributed by atoms with van der Waals surface area (Å²) in [6.45, 7) is 1.97. The molecular formula is C19H23N3O2. The van der Waals surface area contributed by atoms with Crippen molar-refractivity contribution in [3.8, 4) is 0 Å². The van der Waals surface area contributed by atoms with Crippen molar-refractivity contribution in [2.24, 2.45) is 5.92 Å². The maximum Gasteiger partial charge on any atom is 0.223 e. The minimum absolute atomic E-state index is 0.00382. The third-order valence-electron chi connectivity index (χ3n) is 5.24. The van der Waals surface area contributed by atoms with Gasteiger partial charge in [-0.15, -0.1) is 0 Å². The number of amides is 1. The minimum Gasteiger partial charge on any atom is -0.378 e. The zero-order chi connectivity index (χ0) is 16.5. The number of benzene rings is 1. The fraction of sp³-hybridized carbons (Fsp3) is 0.474. The van der Waals surface area contributed by atoms with E-state index in [1.54, 1.807) is 13.3 Å². The highest BCUT2D eigenvalue weighted by Crippen LogP contribution is 2.29. The minimum atomic E-state index is -0.00382. The zero-order valence-corrected chi connectivity index (χ0v) is 14.0. The summed E-state index contributed by atoms with van der Waals surface area (Å²) < 4.78 is 7.49. The quantitative estimate of drug-likeness (QED) is 0.868. The lowest BCUT2D eigenvalue weighted by atomic mass is 10.0. The van der Waals surface area contributed by atoms with Gasteiger partial charge in [0.1, 0.15) is 0 Å². The molecule has 0 saturated carbocycles. The Morgan fingerprint density at radius 2 is 1.96 bits per heavy atom. The second-order valence-corrected chi connectivity index (χ2v) is 6.88. The van der Waals surface area contributed by atoms with E-state index in [4.69, 9.17) is 4.74 Å². The zero-order valence-electron chi connectivity index (χ0n) is 14.0. The number of fused-ring (bicyclic) bond motifs is 2. The smallest absolute Gasteiger partial charge is 0.223 e. The van der Waals surface area contributed by atoms with Crippen molar-refractivity contribution in [2.45, 2.75) is 38.5 Å². The Kier molecular flexibility index (Phi) is 4.10. The molecule has 0 unspecified atom stereocenters. The normalized spacial score (nSPS) is 20.5. The first-order valence-corrected chi connectivity index (χ1v) is 8.61. The molecule has 5 nitrogen and oxygen atoms in total. The summed E-state index contributed by atoms with van der Waals surface area (Å²) in [5.74, 6) is 0.647. The van der Waals surface area contributed by atoms with Gasteiger partial charge in [-0.1, -0.05) is 24.3 Å². The van der Waals surface area contributed by atoms with Crippen LogP contribution in [0.2, 0.25) is 0 Å². The first-order chi connectivity index (χ1) is 11.7. The SMILES string of the molecule is CO[C@@H]1CN(C(=O)CC2Cc3ccccc3C2)Cc2ccnn2C1. The molecule has 24 heavy (non-hydrogen) atoms. The Morgan fingerprint density at radius 3 is 2.67 bits per heavy atom. The second-order valence-electron chi connectivity index (χ2n) is 6.88. The first kappa shape index (κ1) is 15.4. The number of hydrogen-bond donors (Lipinski definition) is 0. The monoisotopic (exact) mass is 325 g/mol. The molecule has 1 aliphatic heterocycles. The van der Waals surface area contributed by atoms with Crippen molar-refractivity contribution >= 4 is 5.91 Å². The average Bonchev–Trinajstić information content (AvgIpc) is 3.15. The Morgan fingerprint density at radius 1 is 1.21 bits per heavy atom. The summed E-state index contributed by atoms with van der Waals surface area (Å²) in [4.78, 5) is 14.8. The van der Waals surface area contributed by atoms with E-state index >= 15 is 0 Å². The molecule has 1 atom stereocenters. The molecule has 1 amide bonds. The van der Waals surface area contributed by atoms with Crippen LogP contribution in [0.5, 0.6) is 0 Å². The molecule has 126 valence electrons. The Balaban J connectivity index is 1.45. The lowest BCUT2D eigenvalue weighted by Gasteiger charge is -2.24. The van der Waals surface area contributed by atoms with E-state index in [1.165, 1.54) is 11.1 Å². The van der Waals surface area contributed by atoms with Crippen LogP contribution in [0, 0.1) is 5.92 Å². The molecule has 0 bridgehead atoms. The van der Waals surface area contributed by atoms with E-state index in [9.17, 15) is 4.79 Å². The molecule has 2 aliphatic rings. The van der Waals surface area contributed by atoms with Crippen LogP contribution >= 0.6 is 0 Å². The number of carbonyl (C=O) groups excluding carboxylic acids is 1. The first-order valence-electron chi connectivity index (χ1n) is 8.61. The van der Waals surface area contributed by atoms with Gasteiger partial charge in [0.15, 0.2) is 0 Å². The van der Waals surface area contributed by atoms with Gasteiger partial charge in [0.05, 0.1) is 24.9 Å². The Bertz CT molecular complexity index is 715. The fourth-order valence-electron chi connectivity index (χ4n) is 3.92. The van der Waals surface area contributed by atoms with E-state index in [2.05, 4.69) is 29.4 Å². The number of hydrogen-bond acceptors (Lipinski definition) is 3. The van der Waals surface area contributed by atoms with Crippen LogP contribution in [0.3, 0.4) is 0 Å². The molecule has 4 rings (SSSR count). The van der Waals surface area contributed by atoms with Gasteiger partial charge in [0.2, 0.25) is 5.91 Å². The van der Waals surface area contributed by atoms with Crippen molar-refractivity contribution in [2.75, 3.05) is 13.7 Å². The Hall–Kier alpha value is -2.14. The van der Waals surface area contributed by atoms with Crippen LogP contribution in [0.15, 0.2) is 36.5 Å². The van der Waals surface area contributed by atoms with Crippen LogP contribution < -0.4 is 0 Å². The maximum atomic E-state index is 12.9. The van der Waals surface area contributed by atoms with Crippen LogP contribution in [0.1, 0.15) is 23.2 Å². The summed E-state index contributed by atoms with van der Waals surface area (Å²) in [7, 11) is 1.70. The van der Waals surface area contributed by atoms with Crippen molar-refractivity contribution in [3.05, 3.63) is 53.3 Å². The lowest BCUT2D eigenvalue weighted by molar-refractivity contribution is -0.134. The Labute approximate surface area is 142 Å². The number of methoxy groups -OCH3 is 1. The third-order valence-corrected chi connectivity index (χ3v) is 5.24. The molecule has 1 aliphatic carbocycles. The summed E-state index contributed by atoms with van der Waals surface area (Å²) in [6, 6.07) is 10.5. The fourth-order valence-corrected chi connectivity index (χ4v) is 3.92. The maximum absolute atomic E-state index is 12.9. The van der Waals surface area contributed by atoms with Gasteiger partial charge >= 0.3 is 0 Å². The summed E-state index contributed by atoms with van der Waals surface area (Å²) in [6.07, 6.45) is 4.43. The number of carbonyl (C=O) groups is 1. The molecule has 0 N–H and O–H groups in total. The van der Waals surface area contributed by atoms with Crippen molar-refractivity contribution < 1.29 is 9.53 Å². The van der Waals surface area contributed by atoms with E-state index in [-0.39, 0.29) is 12.0 Å². The van der Waals surface area contributed by atoms with Crippen LogP contribution in [0.4, 0.5) is 0 Å². The number of ether oxygens (including phenoxy) is 1. The van der Waals surface area contributed by atoms with Crippen LogP contribution in [-0.2, 0) is 35.5 Å². The predicted octanol–water partition coefficient (Wildman–Crippen LogP) is 2.05. The van der Waals surface area contributed by atoms with Crippen molar-refractivity contribution in [1.29, 1.82) is 0 Å². The summed E-state index contributed by atoms with van der Waals surface area (Å²) in [5, 5.41) is 4.34. The van der Waals surface area contributed by atoms with Gasteiger partial charge in [-0.25, -0.2) is 0 Å². The summed E-state index contributed by atoms with van der Waals surface area (Å²) in [5.41, 5.74) is 3.88. The number of rotatable bonds is 3. The highest BCUT2D eigenvalue weighted by atomic mass is 16.5. The highest BCUT2D eigenvalue weighted by molar-refractivity contribution is 5.76.